The van der Waals surface area contributed by atoms with E-state index in [1.807, 2.05) is 0 Å². The van der Waals surface area contributed by atoms with Crippen molar-refractivity contribution in [3.8, 4) is 6.01 Å². The van der Waals surface area contributed by atoms with Crippen LogP contribution in [-0.4, -0.2) is 41.3 Å². The Kier molecular flexibility index (Phi) is 4.33. The molecule has 1 unspecified atom stereocenters. The first-order valence-corrected chi connectivity index (χ1v) is 5.97. The molecule has 7 heteroatoms. The molecular formula is C10H15ClN4O2. The van der Waals surface area contributed by atoms with E-state index < -0.39 is 0 Å². The normalized spacial score (nSPS) is 20.0. The lowest BCUT2D eigenvalue weighted by molar-refractivity contribution is 0.0246. The van der Waals surface area contributed by atoms with Crippen LogP contribution in [0.2, 0.25) is 5.28 Å². The Hall–Kier alpha value is -1.14. The van der Waals surface area contributed by atoms with Crippen LogP contribution in [0.1, 0.15) is 19.3 Å². The van der Waals surface area contributed by atoms with Crippen LogP contribution in [-0.2, 0) is 4.74 Å². The molecule has 1 N–H and O–H groups in total. The fourth-order valence-corrected chi connectivity index (χ4v) is 1.83. The number of hydrogen-bond donors (Lipinski definition) is 1. The number of anilines is 1. The summed E-state index contributed by atoms with van der Waals surface area (Å²) in [5, 5.41) is 3.19. The van der Waals surface area contributed by atoms with Crippen LogP contribution >= 0.6 is 11.6 Å². The highest BCUT2D eigenvalue weighted by Crippen LogP contribution is 2.14. The largest absolute Gasteiger partial charge is 0.467 e. The molecule has 1 aliphatic heterocycles. The highest BCUT2D eigenvalue weighted by Gasteiger charge is 2.14. The van der Waals surface area contributed by atoms with Gasteiger partial charge >= 0.3 is 6.01 Å². The molecule has 0 amide bonds. The maximum atomic E-state index is 5.74. The van der Waals surface area contributed by atoms with Crippen molar-refractivity contribution < 1.29 is 9.47 Å². The van der Waals surface area contributed by atoms with Crippen molar-refractivity contribution in [2.75, 3.05) is 25.6 Å². The number of aromatic nitrogens is 3. The van der Waals surface area contributed by atoms with Crippen molar-refractivity contribution in [1.29, 1.82) is 0 Å². The van der Waals surface area contributed by atoms with Gasteiger partial charge in [-0.25, -0.2) is 0 Å². The van der Waals surface area contributed by atoms with Crippen LogP contribution in [0.5, 0.6) is 6.01 Å². The predicted molar refractivity (Wildman–Crippen MR) is 63.5 cm³/mol. The van der Waals surface area contributed by atoms with Gasteiger partial charge in [0.25, 0.3) is 0 Å². The number of ether oxygens (including phenoxy) is 2. The number of halogens is 1. The molecule has 0 aromatic carbocycles. The van der Waals surface area contributed by atoms with Crippen molar-refractivity contribution in [2.45, 2.75) is 25.4 Å². The van der Waals surface area contributed by atoms with Crippen LogP contribution in [0, 0.1) is 0 Å². The predicted octanol–water partition coefficient (Wildman–Crippen LogP) is 1.51. The van der Waals surface area contributed by atoms with Crippen LogP contribution < -0.4 is 10.1 Å². The first-order valence-electron chi connectivity index (χ1n) is 5.59. The van der Waals surface area contributed by atoms with Crippen molar-refractivity contribution in [1.82, 2.24) is 15.0 Å². The third-order valence-corrected chi connectivity index (χ3v) is 2.70. The summed E-state index contributed by atoms with van der Waals surface area (Å²) in [7, 11) is 1.49. The molecule has 0 spiro atoms. The second kappa shape index (κ2) is 5.97. The molecule has 1 aromatic rings. The molecule has 6 nitrogen and oxygen atoms in total. The summed E-state index contributed by atoms with van der Waals surface area (Å²) in [5.41, 5.74) is 0. The maximum absolute atomic E-state index is 5.74. The first kappa shape index (κ1) is 12.3. The van der Waals surface area contributed by atoms with Gasteiger partial charge in [0.2, 0.25) is 11.2 Å². The minimum atomic E-state index is 0.115. The molecule has 0 saturated carbocycles. The lowest BCUT2D eigenvalue weighted by Crippen LogP contribution is -2.27. The van der Waals surface area contributed by atoms with E-state index in [0.29, 0.717) is 12.5 Å². The van der Waals surface area contributed by atoms with E-state index >= 15 is 0 Å². The van der Waals surface area contributed by atoms with Gasteiger partial charge in [-0.2, -0.15) is 15.0 Å². The SMILES string of the molecule is COc1nc(Cl)nc(NCC2CCCCO2)n1. The summed E-state index contributed by atoms with van der Waals surface area (Å²) in [5.74, 6) is 0.413. The van der Waals surface area contributed by atoms with Gasteiger partial charge in [-0.3, -0.25) is 0 Å². The topological polar surface area (TPSA) is 69.2 Å². The number of methoxy groups -OCH3 is 1. The quantitative estimate of drug-likeness (QED) is 0.883. The minimum absolute atomic E-state index is 0.115. The first-order chi connectivity index (χ1) is 8.28. The summed E-state index contributed by atoms with van der Waals surface area (Å²) in [4.78, 5) is 11.8. The van der Waals surface area contributed by atoms with E-state index in [0.717, 1.165) is 19.4 Å². The van der Waals surface area contributed by atoms with Crippen LogP contribution in [0.3, 0.4) is 0 Å². The number of rotatable bonds is 4. The van der Waals surface area contributed by atoms with Gasteiger partial charge in [0.05, 0.1) is 13.2 Å². The Morgan fingerprint density at radius 2 is 2.29 bits per heavy atom. The summed E-state index contributed by atoms with van der Waals surface area (Å²) >= 11 is 5.74. The fourth-order valence-electron chi connectivity index (χ4n) is 1.68. The maximum Gasteiger partial charge on any atom is 0.322 e. The Morgan fingerprint density at radius 3 is 3.00 bits per heavy atom. The number of nitrogens with zero attached hydrogens (tertiary/aromatic N) is 3. The minimum Gasteiger partial charge on any atom is -0.467 e. The third-order valence-electron chi connectivity index (χ3n) is 2.53. The molecule has 1 atom stereocenters. The fraction of sp³-hybridized carbons (Fsp3) is 0.700. The Labute approximate surface area is 105 Å². The van der Waals surface area contributed by atoms with Gasteiger partial charge in [-0.15, -0.1) is 0 Å². The molecular weight excluding hydrogens is 244 g/mol. The molecule has 1 saturated heterocycles. The van der Waals surface area contributed by atoms with Crippen molar-refractivity contribution in [3.63, 3.8) is 0 Å². The van der Waals surface area contributed by atoms with E-state index in [1.54, 1.807) is 0 Å². The van der Waals surface area contributed by atoms with E-state index in [9.17, 15) is 0 Å². The van der Waals surface area contributed by atoms with Crippen LogP contribution in [0.4, 0.5) is 5.95 Å². The zero-order valence-electron chi connectivity index (χ0n) is 9.65. The van der Waals surface area contributed by atoms with E-state index in [-0.39, 0.29) is 17.4 Å². The molecule has 2 heterocycles. The standard InChI is InChI=1S/C10H15ClN4O2/c1-16-10-14-8(11)13-9(15-10)12-6-7-4-2-3-5-17-7/h7H,2-6H2,1H3,(H,12,13,14,15). The molecule has 0 aliphatic carbocycles. The van der Waals surface area contributed by atoms with Gasteiger partial charge < -0.3 is 14.8 Å². The van der Waals surface area contributed by atoms with Gasteiger partial charge in [0.15, 0.2) is 0 Å². The van der Waals surface area contributed by atoms with Gasteiger partial charge in [-0.1, -0.05) is 0 Å². The molecule has 17 heavy (non-hydrogen) atoms. The Balaban J connectivity index is 1.91. The average Bonchev–Trinajstić information content (AvgIpc) is 2.37. The Morgan fingerprint density at radius 1 is 1.41 bits per heavy atom. The monoisotopic (exact) mass is 258 g/mol. The smallest absolute Gasteiger partial charge is 0.322 e. The van der Waals surface area contributed by atoms with E-state index in [1.165, 1.54) is 13.5 Å². The molecule has 2 rings (SSSR count). The second-order valence-electron chi connectivity index (χ2n) is 3.78. The van der Waals surface area contributed by atoms with Crippen LogP contribution in [0.15, 0.2) is 0 Å². The average molecular weight is 259 g/mol. The van der Waals surface area contributed by atoms with Gasteiger partial charge in [0, 0.05) is 13.2 Å². The molecule has 1 aromatic heterocycles. The summed E-state index contributed by atoms with van der Waals surface area (Å²) < 4.78 is 10.5. The van der Waals surface area contributed by atoms with Crippen molar-refractivity contribution in [3.05, 3.63) is 5.28 Å². The number of hydrogen-bond acceptors (Lipinski definition) is 6. The molecule has 0 bridgehead atoms. The lowest BCUT2D eigenvalue weighted by Gasteiger charge is -2.22. The molecule has 1 fully saturated rings. The summed E-state index contributed by atoms with van der Waals surface area (Å²) in [6.07, 6.45) is 3.61. The van der Waals surface area contributed by atoms with Gasteiger partial charge in [0.1, 0.15) is 0 Å². The number of nitrogens with one attached hydrogen (secondary N) is 1. The molecule has 1 aliphatic rings. The van der Waals surface area contributed by atoms with E-state index in [4.69, 9.17) is 21.1 Å². The zero-order chi connectivity index (χ0) is 12.1. The van der Waals surface area contributed by atoms with Crippen molar-refractivity contribution >= 4 is 17.5 Å². The molecule has 94 valence electrons. The summed E-state index contributed by atoms with van der Waals surface area (Å²) in [6.45, 7) is 1.50. The highest BCUT2D eigenvalue weighted by molar-refractivity contribution is 6.28. The van der Waals surface area contributed by atoms with Crippen LogP contribution in [0.25, 0.3) is 0 Å². The third kappa shape index (κ3) is 3.67. The van der Waals surface area contributed by atoms with Crippen molar-refractivity contribution in [2.24, 2.45) is 0 Å². The summed E-state index contributed by atoms with van der Waals surface area (Å²) in [6, 6.07) is 0.206. The molecule has 0 radical (unpaired) electrons. The highest BCUT2D eigenvalue weighted by atomic mass is 35.5. The van der Waals surface area contributed by atoms with E-state index in [2.05, 4.69) is 20.3 Å². The van der Waals surface area contributed by atoms with Gasteiger partial charge in [-0.05, 0) is 30.9 Å². The zero-order valence-corrected chi connectivity index (χ0v) is 10.4. The lowest BCUT2D eigenvalue weighted by atomic mass is 10.1. The Bertz CT molecular complexity index is 371. The second-order valence-corrected chi connectivity index (χ2v) is 4.12.